The normalized spacial score (nSPS) is 13.7. The molecule has 0 radical (unpaired) electrons. The Morgan fingerprint density at radius 3 is 2.52 bits per heavy atom. The Bertz CT molecular complexity index is 719. The van der Waals surface area contributed by atoms with Crippen LogP contribution in [-0.2, 0) is 12.8 Å². The van der Waals surface area contributed by atoms with Gasteiger partial charge in [-0.2, -0.15) is 5.10 Å². The maximum Gasteiger partial charge on any atom is 0.356 e. The minimum Gasteiger partial charge on any atom is -0.476 e. The zero-order chi connectivity index (χ0) is 15.0. The zero-order valence-electron chi connectivity index (χ0n) is 11.2. The van der Waals surface area contributed by atoms with Crippen LogP contribution < -0.4 is 0 Å². The number of hydrogen-bond acceptors (Lipinski definition) is 4. The maximum absolute atomic E-state index is 11.3. The number of fused-ring (bicyclic) bond motifs is 1. The van der Waals surface area contributed by atoms with Gasteiger partial charge in [0.1, 0.15) is 0 Å². The summed E-state index contributed by atoms with van der Waals surface area (Å²) in [5, 5.41) is 24.1. The largest absolute Gasteiger partial charge is 0.476 e. The van der Waals surface area contributed by atoms with Gasteiger partial charge in [0.2, 0.25) is 0 Å². The van der Waals surface area contributed by atoms with Gasteiger partial charge in [-0.25, -0.2) is 9.48 Å². The molecule has 7 nitrogen and oxygen atoms in total. The fraction of sp³-hybridized carbons (Fsp3) is 0.286. The van der Waals surface area contributed by atoms with Gasteiger partial charge in [0.05, 0.1) is 10.6 Å². The van der Waals surface area contributed by atoms with Crippen LogP contribution in [0.5, 0.6) is 0 Å². The van der Waals surface area contributed by atoms with Crippen LogP contribution >= 0.6 is 0 Å². The van der Waals surface area contributed by atoms with Gasteiger partial charge in [-0.3, -0.25) is 10.1 Å². The Labute approximate surface area is 120 Å². The summed E-state index contributed by atoms with van der Waals surface area (Å²) < 4.78 is 1.60. The molecule has 0 unspecified atom stereocenters. The molecule has 1 N–H and O–H groups in total. The summed E-state index contributed by atoms with van der Waals surface area (Å²) >= 11 is 0. The summed E-state index contributed by atoms with van der Waals surface area (Å²) in [4.78, 5) is 21.5. The molecule has 0 saturated carbocycles. The third-order valence-corrected chi connectivity index (χ3v) is 3.69. The molecule has 1 heterocycles. The van der Waals surface area contributed by atoms with E-state index in [-0.39, 0.29) is 11.4 Å². The van der Waals surface area contributed by atoms with E-state index in [1.807, 2.05) is 0 Å². The number of hydrogen-bond donors (Lipinski definition) is 1. The number of nitro groups is 1. The number of benzene rings is 1. The van der Waals surface area contributed by atoms with Gasteiger partial charge >= 0.3 is 5.97 Å². The quantitative estimate of drug-likeness (QED) is 0.690. The molecule has 1 aromatic heterocycles. The van der Waals surface area contributed by atoms with Crippen molar-refractivity contribution in [3.8, 4) is 5.69 Å². The SMILES string of the molecule is O=C(O)c1nn(-c2ccc([N+](=O)[O-])cc2)c2c1CCCC2. The molecule has 0 aliphatic heterocycles. The molecule has 0 amide bonds. The van der Waals surface area contributed by atoms with Crippen molar-refractivity contribution in [2.24, 2.45) is 0 Å². The van der Waals surface area contributed by atoms with Crippen LogP contribution in [0.2, 0.25) is 0 Å². The molecule has 1 aliphatic rings. The summed E-state index contributed by atoms with van der Waals surface area (Å²) in [7, 11) is 0. The molecule has 0 spiro atoms. The number of aromatic carboxylic acids is 1. The number of nitro benzene ring substituents is 1. The molecule has 1 aromatic carbocycles. The maximum atomic E-state index is 11.3. The van der Waals surface area contributed by atoms with Crippen molar-refractivity contribution in [2.45, 2.75) is 25.7 Å². The van der Waals surface area contributed by atoms with E-state index >= 15 is 0 Å². The van der Waals surface area contributed by atoms with Crippen LogP contribution in [0.3, 0.4) is 0 Å². The summed E-state index contributed by atoms with van der Waals surface area (Å²) in [6.45, 7) is 0. The molecule has 0 bridgehead atoms. The number of nitrogens with zero attached hydrogens (tertiary/aromatic N) is 3. The lowest BCUT2D eigenvalue weighted by atomic mass is 9.95. The van der Waals surface area contributed by atoms with Gasteiger partial charge in [0.15, 0.2) is 5.69 Å². The third-order valence-electron chi connectivity index (χ3n) is 3.69. The number of non-ortho nitro benzene ring substituents is 1. The van der Waals surface area contributed by atoms with E-state index in [4.69, 9.17) is 0 Å². The predicted molar refractivity (Wildman–Crippen MR) is 73.8 cm³/mol. The number of aromatic nitrogens is 2. The van der Waals surface area contributed by atoms with Gasteiger partial charge < -0.3 is 5.11 Å². The Hall–Kier alpha value is -2.70. The van der Waals surface area contributed by atoms with E-state index in [0.29, 0.717) is 12.1 Å². The third kappa shape index (κ3) is 2.26. The van der Waals surface area contributed by atoms with Crippen molar-refractivity contribution in [2.75, 3.05) is 0 Å². The molecule has 3 rings (SSSR count). The Morgan fingerprint density at radius 1 is 1.24 bits per heavy atom. The van der Waals surface area contributed by atoms with E-state index in [9.17, 15) is 20.0 Å². The Kier molecular flexibility index (Phi) is 3.17. The highest BCUT2D eigenvalue weighted by atomic mass is 16.6. The molecule has 1 aliphatic carbocycles. The lowest BCUT2D eigenvalue weighted by Gasteiger charge is -2.13. The monoisotopic (exact) mass is 287 g/mol. The molecule has 21 heavy (non-hydrogen) atoms. The smallest absolute Gasteiger partial charge is 0.356 e. The standard InChI is InChI=1S/C14H13N3O4/c18-14(19)13-11-3-1-2-4-12(11)16(15-13)9-5-7-10(8-6-9)17(20)21/h5-8H,1-4H2,(H,18,19). The fourth-order valence-corrected chi connectivity index (χ4v) is 2.70. The summed E-state index contributed by atoms with van der Waals surface area (Å²) in [6.07, 6.45) is 3.43. The summed E-state index contributed by atoms with van der Waals surface area (Å²) in [5.74, 6) is -1.03. The van der Waals surface area contributed by atoms with Crippen LogP contribution in [0.15, 0.2) is 24.3 Å². The number of carboxylic acids is 1. The van der Waals surface area contributed by atoms with E-state index in [1.54, 1.807) is 16.8 Å². The van der Waals surface area contributed by atoms with Crippen molar-refractivity contribution in [1.82, 2.24) is 9.78 Å². The average molecular weight is 287 g/mol. The van der Waals surface area contributed by atoms with Crippen LogP contribution in [0, 0.1) is 10.1 Å². The first kappa shape index (κ1) is 13.3. The zero-order valence-corrected chi connectivity index (χ0v) is 11.2. The van der Waals surface area contributed by atoms with Gasteiger partial charge in [-0.15, -0.1) is 0 Å². The number of carboxylic acid groups (broad SMARTS) is 1. The van der Waals surface area contributed by atoms with Crippen molar-refractivity contribution in [1.29, 1.82) is 0 Å². The Balaban J connectivity index is 2.09. The minimum atomic E-state index is -1.03. The topological polar surface area (TPSA) is 98.3 Å². The van der Waals surface area contributed by atoms with E-state index < -0.39 is 10.9 Å². The molecular weight excluding hydrogens is 274 g/mol. The molecule has 0 atom stereocenters. The number of rotatable bonds is 3. The van der Waals surface area contributed by atoms with Crippen LogP contribution in [0.4, 0.5) is 5.69 Å². The van der Waals surface area contributed by atoms with Crippen molar-refractivity contribution in [3.05, 3.63) is 51.3 Å². The summed E-state index contributed by atoms with van der Waals surface area (Å²) in [6, 6.07) is 5.97. The van der Waals surface area contributed by atoms with Crippen molar-refractivity contribution in [3.63, 3.8) is 0 Å². The van der Waals surface area contributed by atoms with E-state index in [1.165, 1.54) is 12.1 Å². The lowest BCUT2D eigenvalue weighted by Crippen LogP contribution is -2.08. The highest BCUT2D eigenvalue weighted by Gasteiger charge is 2.25. The average Bonchev–Trinajstić information content (AvgIpc) is 2.87. The molecule has 7 heteroatoms. The van der Waals surface area contributed by atoms with Gasteiger partial charge in [0, 0.05) is 23.4 Å². The second-order valence-electron chi connectivity index (χ2n) is 4.97. The summed E-state index contributed by atoms with van der Waals surface area (Å²) in [5.41, 5.74) is 2.41. The lowest BCUT2D eigenvalue weighted by molar-refractivity contribution is -0.384. The van der Waals surface area contributed by atoms with Gasteiger partial charge in [0.25, 0.3) is 5.69 Å². The van der Waals surface area contributed by atoms with Crippen LogP contribution in [0.25, 0.3) is 5.69 Å². The molecular formula is C14H13N3O4. The first-order valence-electron chi connectivity index (χ1n) is 6.67. The van der Waals surface area contributed by atoms with Gasteiger partial charge in [-0.1, -0.05) is 0 Å². The molecule has 0 saturated heterocycles. The highest BCUT2D eigenvalue weighted by Crippen LogP contribution is 2.27. The molecule has 0 fully saturated rings. The van der Waals surface area contributed by atoms with Crippen LogP contribution in [-0.4, -0.2) is 25.8 Å². The second kappa shape index (κ2) is 5.01. The Morgan fingerprint density at radius 2 is 1.90 bits per heavy atom. The first-order valence-corrected chi connectivity index (χ1v) is 6.67. The van der Waals surface area contributed by atoms with E-state index in [2.05, 4.69) is 5.10 Å². The fourth-order valence-electron chi connectivity index (χ4n) is 2.70. The molecule has 108 valence electrons. The molecule has 2 aromatic rings. The minimum absolute atomic E-state index is 0.00164. The van der Waals surface area contributed by atoms with Gasteiger partial charge in [-0.05, 0) is 37.8 Å². The van der Waals surface area contributed by atoms with E-state index in [0.717, 1.165) is 30.5 Å². The van der Waals surface area contributed by atoms with Crippen LogP contribution in [0.1, 0.15) is 34.6 Å². The van der Waals surface area contributed by atoms with Crippen molar-refractivity contribution < 1.29 is 14.8 Å². The highest BCUT2D eigenvalue weighted by molar-refractivity contribution is 5.87. The second-order valence-corrected chi connectivity index (χ2v) is 4.97. The predicted octanol–water partition coefficient (Wildman–Crippen LogP) is 2.36. The first-order chi connectivity index (χ1) is 10.1. The number of carbonyl (C=O) groups is 1. The van der Waals surface area contributed by atoms with Crippen molar-refractivity contribution >= 4 is 11.7 Å².